The monoisotopic (exact) mass is 434 g/mol. The van der Waals surface area contributed by atoms with Crippen LogP contribution in [0, 0.1) is 24.0 Å². The van der Waals surface area contributed by atoms with Crippen molar-refractivity contribution in [3.63, 3.8) is 0 Å². The number of aryl methyl sites for hydroxylation is 2. The first-order valence-electron chi connectivity index (χ1n) is 9.52. The van der Waals surface area contributed by atoms with Crippen LogP contribution in [-0.2, 0) is 9.53 Å². The topological polar surface area (TPSA) is 123 Å². The zero-order chi connectivity index (χ0) is 22.4. The molecule has 0 unspecified atom stereocenters. The van der Waals surface area contributed by atoms with E-state index in [1.165, 1.54) is 29.5 Å². The van der Waals surface area contributed by atoms with E-state index in [9.17, 15) is 19.7 Å². The highest BCUT2D eigenvalue weighted by Crippen LogP contribution is 2.28. The molecule has 0 aliphatic carbocycles. The van der Waals surface area contributed by atoms with E-state index in [1.807, 2.05) is 20.8 Å². The van der Waals surface area contributed by atoms with Gasteiger partial charge in [-0.2, -0.15) is 0 Å². The van der Waals surface area contributed by atoms with Gasteiger partial charge in [-0.1, -0.05) is 18.2 Å². The summed E-state index contributed by atoms with van der Waals surface area (Å²) in [5, 5.41) is 17.8. The highest BCUT2D eigenvalue weighted by atomic mass is 32.1. The Balaban J connectivity index is 2.22. The van der Waals surface area contributed by atoms with Crippen LogP contribution in [0.3, 0.4) is 0 Å². The third-order valence-corrected chi connectivity index (χ3v) is 5.49. The van der Waals surface area contributed by atoms with E-state index in [-0.39, 0.29) is 29.8 Å². The number of hydrogen-bond acceptors (Lipinski definition) is 7. The predicted molar refractivity (Wildman–Crippen MR) is 113 cm³/mol. The number of nitro benzene ring substituents is 1. The van der Waals surface area contributed by atoms with E-state index < -0.39 is 23.0 Å². The molecule has 1 aromatic heterocycles. The third kappa shape index (κ3) is 6.24. The van der Waals surface area contributed by atoms with Crippen LogP contribution in [0.25, 0.3) is 0 Å². The lowest BCUT2D eigenvalue weighted by Gasteiger charge is -2.21. The maximum Gasteiger partial charge on any atom is 0.315 e. The first kappa shape index (κ1) is 23.3. The molecule has 0 fully saturated rings. The highest BCUT2D eigenvalue weighted by Gasteiger charge is 2.27. The molecular formula is C20H26N4O5S. The number of aromatic nitrogens is 1. The Morgan fingerprint density at radius 3 is 2.43 bits per heavy atom. The van der Waals surface area contributed by atoms with Crippen LogP contribution in [-0.4, -0.2) is 28.0 Å². The molecule has 2 atom stereocenters. The van der Waals surface area contributed by atoms with E-state index in [4.69, 9.17) is 4.74 Å². The summed E-state index contributed by atoms with van der Waals surface area (Å²) in [5.41, 5.74) is 0.888. The fourth-order valence-corrected chi connectivity index (χ4v) is 4.01. The van der Waals surface area contributed by atoms with Crippen molar-refractivity contribution in [2.24, 2.45) is 0 Å². The lowest BCUT2D eigenvalue weighted by Crippen LogP contribution is -2.40. The summed E-state index contributed by atoms with van der Waals surface area (Å²) >= 11 is 1.49. The van der Waals surface area contributed by atoms with E-state index in [0.717, 1.165) is 15.6 Å². The first-order chi connectivity index (χ1) is 14.1. The number of nitro groups is 1. The molecule has 2 rings (SSSR count). The van der Waals surface area contributed by atoms with E-state index >= 15 is 0 Å². The smallest absolute Gasteiger partial charge is 0.315 e. The summed E-state index contributed by atoms with van der Waals surface area (Å²) in [4.78, 5) is 41.0. The number of nitrogens with one attached hydrogen (secondary N) is 2. The average Bonchev–Trinajstić information content (AvgIpc) is 2.98. The Morgan fingerprint density at radius 1 is 1.20 bits per heavy atom. The van der Waals surface area contributed by atoms with Gasteiger partial charge in [-0.05, 0) is 34.6 Å². The van der Waals surface area contributed by atoms with Crippen LogP contribution in [0.15, 0.2) is 24.3 Å². The fourth-order valence-electron chi connectivity index (χ4n) is 3.08. The van der Waals surface area contributed by atoms with Gasteiger partial charge in [0.25, 0.3) is 5.69 Å². The number of hydrogen-bond donors (Lipinski definition) is 2. The molecular weight excluding hydrogens is 408 g/mol. The van der Waals surface area contributed by atoms with Gasteiger partial charge in [0.15, 0.2) is 0 Å². The normalized spacial score (nSPS) is 12.9. The SMILES string of the molecule is Cc1nc(C)c([C@@H](C)NC(=O)N[C@H](CC(=O)OC(C)C)c2ccccc2[N+](=O)[O-])s1. The number of benzene rings is 1. The number of ether oxygens (including phenoxy) is 1. The van der Waals surface area contributed by atoms with Gasteiger partial charge in [0, 0.05) is 10.9 Å². The van der Waals surface area contributed by atoms with Gasteiger partial charge in [0.2, 0.25) is 0 Å². The van der Waals surface area contributed by atoms with Crippen molar-refractivity contribution < 1.29 is 19.2 Å². The Hall–Kier alpha value is -3.01. The summed E-state index contributed by atoms with van der Waals surface area (Å²) in [6.45, 7) is 9.00. The largest absolute Gasteiger partial charge is 0.463 e. The molecule has 30 heavy (non-hydrogen) atoms. The van der Waals surface area contributed by atoms with Gasteiger partial charge in [0.05, 0.1) is 45.8 Å². The second-order valence-corrected chi connectivity index (χ2v) is 8.37. The maximum absolute atomic E-state index is 12.7. The summed E-state index contributed by atoms with van der Waals surface area (Å²) in [6, 6.07) is 4.22. The molecule has 0 aliphatic heterocycles. The van der Waals surface area contributed by atoms with Crippen LogP contribution in [0.2, 0.25) is 0 Å². The highest BCUT2D eigenvalue weighted by molar-refractivity contribution is 7.11. The third-order valence-electron chi connectivity index (χ3n) is 4.23. The second kappa shape index (κ2) is 10.1. The van der Waals surface area contributed by atoms with Crippen molar-refractivity contribution in [2.45, 2.75) is 59.2 Å². The molecule has 0 bridgehead atoms. The maximum atomic E-state index is 12.7. The molecule has 0 aliphatic rings. The number of para-hydroxylation sites is 1. The number of carbonyl (C=O) groups excluding carboxylic acids is 2. The van der Waals surface area contributed by atoms with Crippen LogP contribution in [0.5, 0.6) is 0 Å². The average molecular weight is 435 g/mol. The molecule has 0 saturated heterocycles. The Labute approximate surface area is 179 Å². The Kier molecular flexibility index (Phi) is 7.87. The molecule has 0 saturated carbocycles. The van der Waals surface area contributed by atoms with Crippen molar-refractivity contribution >= 4 is 29.0 Å². The summed E-state index contributed by atoms with van der Waals surface area (Å²) in [7, 11) is 0. The van der Waals surface area contributed by atoms with Crippen molar-refractivity contribution in [1.82, 2.24) is 15.6 Å². The minimum atomic E-state index is -0.922. The number of thiazole rings is 1. The van der Waals surface area contributed by atoms with Gasteiger partial charge < -0.3 is 15.4 Å². The summed E-state index contributed by atoms with van der Waals surface area (Å²) < 4.78 is 5.17. The summed E-state index contributed by atoms with van der Waals surface area (Å²) in [5.74, 6) is -0.560. The van der Waals surface area contributed by atoms with E-state index in [1.54, 1.807) is 19.9 Å². The van der Waals surface area contributed by atoms with Gasteiger partial charge in [-0.25, -0.2) is 9.78 Å². The van der Waals surface area contributed by atoms with E-state index in [0.29, 0.717) is 0 Å². The fraction of sp³-hybridized carbons (Fsp3) is 0.450. The van der Waals surface area contributed by atoms with E-state index in [2.05, 4.69) is 15.6 Å². The number of esters is 1. The molecule has 1 aromatic carbocycles. The van der Waals surface area contributed by atoms with Crippen LogP contribution >= 0.6 is 11.3 Å². The molecule has 0 spiro atoms. The lowest BCUT2D eigenvalue weighted by atomic mass is 10.0. The quantitative estimate of drug-likeness (QED) is 0.366. The molecule has 9 nitrogen and oxygen atoms in total. The molecule has 10 heteroatoms. The molecule has 0 radical (unpaired) electrons. The lowest BCUT2D eigenvalue weighted by molar-refractivity contribution is -0.385. The van der Waals surface area contributed by atoms with Crippen LogP contribution in [0.1, 0.15) is 60.4 Å². The minimum absolute atomic E-state index is 0.179. The van der Waals surface area contributed by atoms with Gasteiger partial charge >= 0.3 is 12.0 Å². The Morgan fingerprint density at radius 2 is 1.87 bits per heavy atom. The van der Waals surface area contributed by atoms with Crippen molar-refractivity contribution in [3.8, 4) is 0 Å². The van der Waals surface area contributed by atoms with Gasteiger partial charge in [-0.15, -0.1) is 11.3 Å². The number of urea groups is 1. The molecule has 1 heterocycles. The van der Waals surface area contributed by atoms with Gasteiger partial charge in [-0.3, -0.25) is 14.9 Å². The van der Waals surface area contributed by atoms with Gasteiger partial charge in [0.1, 0.15) is 0 Å². The first-order valence-corrected chi connectivity index (χ1v) is 10.3. The number of nitrogens with zero attached hydrogens (tertiary/aromatic N) is 2. The second-order valence-electron chi connectivity index (χ2n) is 7.13. The molecule has 2 amide bonds. The summed E-state index contributed by atoms with van der Waals surface area (Å²) in [6.07, 6.45) is -0.570. The minimum Gasteiger partial charge on any atom is -0.463 e. The standard InChI is InChI=1S/C20H26N4O5S/c1-11(2)29-18(25)10-16(15-8-6-7-9-17(15)24(27)28)23-20(26)22-13(4)19-12(3)21-14(5)30-19/h6-9,11,13,16H,10H2,1-5H3,(H2,22,23,26)/t13-,16-/m1/s1. The molecule has 2 N–H and O–H groups in total. The molecule has 2 aromatic rings. The number of carbonyl (C=O) groups is 2. The number of rotatable bonds is 8. The number of amides is 2. The van der Waals surface area contributed by atoms with Crippen molar-refractivity contribution in [1.29, 1.82) is 0 Å². The molecule has 162 valence electrons. The zero-order valence-corrected chi connectivity index (χ0v) is 18.4. The van der Waals surface area contributed by atoms with Crippen molar-refractivity contribution in [2.75, 3.05) is 0 Å². The zero-order valence-electron chi connectivity index (χ0n) is 17.6. The Bertz CT molecular complexity index is 928. The predicted octanol–water partition coefficient (Wildman–Crippen LogP) is 4.11. The van der Waals surface area contributed by atoms with Crippen LogP contribution < -0.4 is 10.6 Å². The van der Waals surface area contributed by atoms with Crippen molar-refractivity contribution in [3.05, 3.63) is 55.5 Å². The van der Waals surface area contributed by atoms with Crippen LogP contribution in [0.4, 0.5) is 10.5 Å².